The molecular formula is C22H21NO5. The second kappa shape index (κ2) is 8.90. The number of carbonyl (C=O) groups excluding carboxylic acids is 2. The first-order valence-corrected chi connectivity index (χ1v) is 8.77. The standard InChI is InChI=1S/C22H21NO5/c1-26-21(24)19(22(25)27-2)15-16-7-9-18(10-8-16)28-14-13-23-12-11-17-5-3-4-6-20(17)23/h3-12,15H,13-14H2,1-2H3. The molecule has 6 nitrogen and oxygen atoms in total. The van der Waals surface area contributed by atoms with Crippen molar-refractivity contribution < 1.29 is 23.8 Å². The zero-order valence-corrected chi connectivity index (χ0v) is 15.8. The van der Waals surface area contributed by atoms with Gasteiger partial charge in [-0.15, -0.1) is 0 Å². The molecule has 0 aliphatic carbocycles. The van der Waals surface area contributed by atoms with Gasteiger partial charge in [0, 0.05) is 11.7 Å². The van der Waals surface area contributed by atoms with Gasteiger partial charge in [0.25, 0.3) is 0 Å². The smallest absolute Gasteiger partial charge is 0.345 e. The molecule has 3 aromatic rings. The predicted octanol–water partition coefficient (Wildman–Crippen LogP) is 3.45. The van der Waals surface area contributed by atoms with E-state index >= 15 is 0 Å². The van der Waals surface area contributed by atoms with Crippen LogP contribution in [0.2, 0.25) is 0 Å². The van der Waals surface area contributed by atoms with Gasteiger partial charge in [-0.05, 0) is 41.3 Å². The van der Waals surface area contributed by atoms with Crippen molar-refractivity contribution in [3.8, 4) is 5.75 Å². The molecule has 0 atom stereocenters. The number of aromatic nitrogens is 1. The Hall–Kier alpha value is -3.54. The summed E-state index contributed by atoms with van der Waals surface area (Å²) in [6.07, 6.45) is 3.47. The number of methoxy groups -OCH3 is 2. The molecule has 2 aromatic carbocycles. The van der Waals surface area contributed by atoms with Crippen molar-refractivity contribution in [3.05, 3.63) is 71.9 Å². The number of carbonyl (C=O) groups is 2. The van der Waals surface area contributed by atoms with Crippen LogP contribution < -0.4 is 4.74 Å². The maximum Gasteiger partial charge on any atom is 0.345 e. The van der Waals surface area contributed by atoms with E-state index in [1.165, 1.54) is 31.2 Å². The summed E-state index contributed by atoms with van der Waals surface area (Å²) in [5, 5.41) is 1.20. The number of esters is 2. The maximum absolute atomic E-state index is 11.7. The zero-order valence-electron chi connectivity index (χ0n) is 15.8. The highest BCUT2D eigenvalue weighted by Crippen LogP contribution is 2.17. The van der Waals surface area contributed by atoms with Crippen molar-refractivity contribution in [3.63, 3.8) is 0 Å². The summed E-state index contributed by atoms with van der Waals surface area (Å²) in [5.41, 5.74) is 1.66. The Bertz CT molecular complexity index is 983. The Morgan fingerprint density at radius 2 is 1.61 bits per heavy atom. The fourth-order valence-electron chi connectivity index (χ4n) is 2.85. The van der Waals surface area contributed by atoms with Gasteiger partial charge in [-0.25, -0.2) is 9.59 Å². The molecular weight excluding hydrogens is 358 g/mol. The van der Waals surface area contributed by atoms with E-state index in [0.717, 1.165) is 6.54 Å². The lowest BCUT2D eigenvalue weighted by Crippen LogP contribution is -2.15. The van der Waals surface area contributed by atoms with E-state index in [1.54, 1.807) is 24.3 Å². The van der Waals surface area contributed by atoms with Crippen LogP contribution in [0.3, 0.4) is 0 Å². The number of para-hydroxylation sites is 1. The largest absolute Gasteiger partial charge is 0.492 e. The molecule has 0 saturated carbocycles. The molecule has 1 heterocycles. The SMILES string of the molecule is COC(=O)C(=Cc1ccc(OCCn2ccc3ccccc32)cc1)C(=O)OC. The summed E-state index contributed by atoms with van der Waals surface area (Å²) < 4.78 is 17.2. The van der Waals surface area contributed by atoms with Crippen LogP contribution in [0.25, 0.3) is 17.0 Å². The molecule has 0 unspecified atom stereocenters. The first-order chi connectivity index (χ1) is 13.6. The molecule has 144 valence electrons. The number of hydrogen-bond acceptors (Lipinski definition) is 5. The summed E-state index contributed by atoms with van der Waals surface area (Å²) >= 11 is 0. The van der Waals surface area contributed by atoms with Gasteiger partial charge >= 0.3 is 11.9 Å². The van der Waals surface area contributed by atoms with Crippen molar-refractivity contribution >= 4 is 28.9 Å². The van der Waals surface area contributed by atoms with Gasteiger partial charge in [-0.3, -0.25) is 0 Å². The average molecular weight is 379 g/mol. The van der Waals surface area contributed by atoms with E-state index in [-0.39, 0.29) is 5.57 Å². The fourth-order valence-corrected chi connectivity index (χ4v) is 2.85. The normalized spacial score (nSPS) is 10.4. The van der Waals surface area contributed by atoms with Gasteiger partial charge in [-0.2, -0.15) is 0 Å². The van der Waals surface area contributed by atoms with Crippen LogP contribution in [0.4, 0.5) is 0 Å². The monoisotopic (exact) mass is 379 g/mol. The first-order valence-electron chi connectivity index (χ1n) is 8.77. The summed E-state index contributed by atoms with van der Waals surface area (Å²) in [6.45, 7) is 1.24. The van der Waals surface area contributed by atoms with Crippen LogP contribution in [-0.4, -0.2) is 37.3 Å². The van der Waals surface area contributed by atoms with Crippen molar-refractivity contribution in [2.75, 3.05) is 20.8 Å². The maximum atomic E-state index is 11.7. The molecule has 0 amide bonds. The molecule has 0 saturated heterocycles. The molecule has 0 radical (unpaired) electrons. The third-order valence-electron chi connectivity index (χ3n) is 4.28. The lowest BCUT2D eigenvalue weighted by Gasteiger charge is -2.09. The number of hydrogen-bond donors (Lipinski definition) is 0. The highest BCUT2D eigenvalue weighted by Gasteiger charge is 2.19. The number of rotatable bonds is 7. The number of fused-ring (bicyclic) bond motifs is 1. The number of nitrogens with zero attached hydrogens (tertiary/aromatic N) is 1. The summed E-state index contributed by atoms with van der Waals surface area (Å²) in [5.74, 6) is -0.788. The molecule has 28 heavy (non-hydrogen) atoms. The van der Waals surface area contributed by atoms with Crippen LogP contribution in [0, 0.1) is 0 Å². The van der Waals surface area contributed by atoms with Crippen molar-refractivity contribution in [1.82, 2.24) is 4.57 Å². The fraction of sp³-hybridized carbons (Fsp3) is 0.182. The van der Waals surface area contributed by atoms with Crippen LogP contribution in [0.1, 0.15) is 5.56 Å². The van der Waals surface area contributed by atoms with Crippen molar-refractivity contribution in [1.29, 1.82) is 0 Å². The molecule has 3 rings (SSSR count). The zero-order chi connectivity index (χ0) is 19.9. The highest BCUT2D eigenvalue weighted by atomic mass is 16.5. The minimum Gasteiger partial charge on any atom is -0.492 e. The average Bonchev–Trinajstić information content (AvgIpc) is 3.15. The van der Waals surface area contributed by atoms with Gasteiger partial charge in [0.1, 0.15) is 17.9 Å². The van der Waals surface area contributed by atoms with E-state index in [1.807, 2.05) is 18.3 Å². The summed E-state index contributed by atoms with van der Waals surface area (Å²) in [4.78, 5) is 23.4. The first kappa shape index (κ1) is 19.2. The lowest BCUT2D eigenvalue weighted by atomic mass is 10.1. The van der Waals surface area contributed by atoms with Crippen LogP contribution in [0.15, 0.2) is 66.4 Å². The second-order valence-corrected chi connectivity index (χ2v) is 6.03. The molecule has 1 aromatic heterocycles. The predicted molar refractivity (Wildman–Crippen MR) is 106 cm³/mol. The van der Waals surface area contributed by atoms with Crippen LogP contribution in [-0.2, 0) is 25.6 Å². The molecule has 0 spiro atoms. The van der Waals surface area contributed by atoms with Gasteiger partial charge in [0.05, 0.1) is 20.8 Å². The van der Waals surface area contributed by atoms with Gasteiger partial charge in [0.2, 0.25) is 0 Å². The Kier molecular flexibility index (Phi) is 6.11. The quantitative estimate of drug-likeness (QED) is 0.272. The number of benzene rings is 2. The molecule has 0 fully saturated rings. The van der Waals surface area contributed by atoms with Gasteiger partial charge < -0.3 is 18.8 Å². The third kappa shape index (κ3) is 4.40. The van der Waals surface area contributed by atoms with Gasteiger partial charge in [-0.1, -0.05) is 30.3 Å². The van der Waals surface area contributed by atoms with Crippen LogP contribution in [0.5, 0.6) is 5.75 Å². The molecule has 0 aliphatic heterocycles. The molecule has 0 bridgehead atoms. The molecule has 0 N–H and O–H groups in total. The second-order valence-electron chi connectivity index (χ2n) is 6.03. The Labute approximate surface area is 162 Å². The molecule has 6 heteroatoms. The summed E-state index contributed by atoms with van der Waals surface area (Å²) in [7, 11) is 2.42. The third-order valence-corrected chi connectivity index (χ3v) is 4.28. The minimum absolute atomic E-state index is 0.168. The number of ether oxygens (including phenoxy) is 3. The summed E-state index contributed by atoms with van der Waals surface area (Å²) in [6, 6.07) is 17.4. The van der Waals surface area contributed by atoms with E-state index in [0.29, 0.717) is 17.9 Å². The van der Waals surface area contributed by atoms with E-state index in [4.69, 9.17) is 4.74 Å². The van der Waals surface area contributed by atoms with Crippen molar-refractivity contribution in [2.45, 2.75) is 6.54 Å². The van der Waals surface area contributed by atoms with Crippen molar-refractivity contribution in [2.24, 2.45) is 0 Å². The minimum atomic E-state index is -0.744. The highest BCUT2D eigenvalue weighted by molar-refractivity contribution is 6.17. The Morgan fingerprint density at radius 3 is 2.29 bits per heavy atom. The van der Waals surface area contributed by atoms with E-state index in [2.05, 4.69) is 32.2 Å². The Morgan fingerprint density at radius 1 is 0.929 bits per heavy atom. The van der Waals surface area contributed by atoms with Gasteiger partial charge in [0.15, 0.2) is 0 Å². The van der Waals surface area contributed by atoms with E-state index in [9.17, 15) is 9.59 Å². The van der Waals surface area contributed by atoms with E-state index < -0.39 is 11.9 Å². The lowest BCUT2D eigenvalue weighted by molar-refractivity contribution is -0.143. The molecule has 0 aliphatic rings. The topological polar surface area (TPSA) is 66.8 Å². The van der Waals surface area contributed by atoms with Crippen LogP contribution >= 0.6 is 0 Å². The Balaban J connectivity index is 1.63.